The minimum Gasteiger partial charge on any atom is -0.477 e. The zero-order valence-corrected chi connectivity index (χ0v) is 35.7. The summed E-state index contributed by atoms with van der Waals surface area (Å²) in [6.45, 7) is 4.64. The van der Waals surface area contributed by atoms with Gasteiger partial charge in [0, 0.05) is 19.3 Å². The average molecular weight is 763 g/mol. The lowest BCUT2D eigenvalue weighted by Gasteiger charge is -2.31. The molecule has 0 aromatic rings. The zero-order valence-electron chi connectivity index (χ0n) is 35.7. The Balaban J connectivity index is 4.25. The lowest BCUT2D eigenvalue weighted by molar-refractivity contribution is -0.887. The number of carboxylic acid groups (broad SMARTS) is 1. The molecule has 1 N–H and O–H groups in total. The Bertz CT molecular complexity index is 984. The Morgan fingerprint density at radius 3 is 1.54 bits per heavy atom. The monoisotopic (exact) mass is 763 g/mol. The number of rotatable bonds is 39. The molecular weight excluding hydrogens is 679 g/mol. The van der Waals surface area contributed by atoms with Crippen LogP contribution >= 0.6 is 0 Å². The summed E-state index contributed by atoms with van der Waals surface area (Å²) in [6.07, 6.45) is 42.2. The fourth-order valence-corrected chi connectivity index (χ4v) is 6.31. The first kappa shape index (κ1) is 51.5. The molecule has 0 fully saturated rings. The molecule has 8 nitrogen and oxygen atoms in total. The van der Waals surface area contributed by atoms with E-state index in [0.717, 1.165) is 38.5 Å². The molecule has 0 aromatic heterocycles. The molecule has 8 heteroatoms. The second-order valence-corrected chi connectivity index (χ2v) is 15.9. The van der Waals surface area contributed by atoms with Crippen molar-refractivity contribution in [2.24, 2.45) is 0 Å². The summed E-state index contributed by atoms with van der Waals surface area (Å²) >= 11 is 0. The number of likely N-dealkylation sites (N-methyl/N-ethyl adjacent to an activating group) is 1. The Hall–Kier alpha value is -2.45. The van der Waals surface area contributed by atoms with E-state index in [0.29, 0.717) is 19.3 Å². The number of aliphatic carboxylic acids is 1. The van der Waals surface area contributed by atoms with Gasteiger partial charge in [-0.05, 0) is 57.8 Å². The van der Waals surface area contributed by atoms with Gasteiger partial charge in [0.15, 0.2) is 12.1 Å². The van der Waals surface area contributed by atoms with Crippen molar-refractivity contribution in [3.05, 3.63) is 36.5 Å². The fraction of sp³-hybridized carbons (Fsp3) is 0.804. The highest BCUT2D eigenvalue weighted by atomic mass is 16.6. The quantitative estimate of drug-likeness (QED) is 0.0288. The SMILES string of the molecule is CCCCCC/C=C/CCC(=O)OCC(COCCC(C(=O)O)[N+](C)(C)C)OC(=O)CCCCCCCCC/C=C/C/C=C/CCCCCCCCCC. The number of esters is 2. The third kappa shape index (κ3) is 35.3. The van der Waals surface area contributed by atoms with Gasteiger partial charge in [0.05, 0.1) is 34.4 Å². The molecule has 0 aliphatic rings. The second-order valence-electron chi connectivity index (χ2n) is 15.9. The Morgan fingerprint density at radius 2 is 1.02 bits per heavy atom. The third-order valence-electron chi connectivity index (χ3n) is 9.78. The van der Waals surface area contributed by atoms with E-state index in [-0.39, 0.29) is 42.7 Å². The molecule has 2 atom stereocenters. The van der Waals surface area contributed by atoms with Crippen molar-refractivity contribution in [3.8, 4) is 0 Å². The summed E-state index contributed by atoms with van der Waals surface area (Å²) in [7, 11) is 5.51. The number of allylic oxidation sites excluding steroid dienone is 6. The van der Waals surface area contributed by atoms with Crippen molar-refractivity contribution in [2.75, 3.05) is 41.0 Å². The van der Waals surface area contributed by atoms with Crippen LogP contribution in [0.5, 0.6) is 0 Å². The van der Waals surface area contributed by atoms with Crippen molar-refractivity contribution in [2.45, 2.75) is 199 Å². The van der Waals surface area contributed by atoms with Crippen molar-refractivity contribution in [1.82, 2.24) is 0 Å². The molecule has 0 radical (unpaired) electrons. The number of nitrogens with zero attached hydrogens (tertiary/aromatic N) is 1. The summed E-state index contributed by atoms with van der Waals surface area (Å²) in [5.41, 5.74) is 0. The maximum atomic E-state index is 12.7. The molecule has 0 heterocycles. The van der Waals surface area contributed by atoms with Crippen LogP contribution in [0.2, 0.25) is 0 Å². The van der Waals surface area contributed by atoms with Gasteiger partial charge >= 0.3 is 17.9 Å². The van der Waals surface area contributed by atoms with Crippen LogP contribution in [0, 0.1) is 0 Å². The zero-order chi connectivity index (χ0) is 40.0. The number of hydrogen-bond donors (Lipinski definition) is 1. The third-order valence-corrected chi connectivity index (χ3v) is 9.78. The Morgan fingerprint density at radius 1 is 0.556 bits per heavy atom. The van der Waals surface area contributed by atoms with Crippen LogP contribution in [-0.2, 0) is 28.6 Å². The standard InChI is InChI=1S/C46H83NO7/c1-6-8-10-12-14-16-17-18-19-20-21-22-23-24-25-26-27-28-29-31-33-35-37-45(49)54-42(40-52-39-38-43(46(50)51)47(3,4)5)41-53-44(48)36-34-32-30-15-13-11-9-7-2/h20-21,23-24,30,32,42-43H,6-19,22,25-29,31,33-41H2,1-5H3/p+1/b21-20+,24-23+,32-30+. The van der Waals surface area contributed by atoms with Crippen LogP contribution < -0.4 is 0 Å². The molecule has 0 saturated carbocycles. The van der Waals surface area contributed by atoms with Gasteiger partial charge in [0.25, 0.3) is 0 Å². The van der Waals surface area contributed by atoms with E-state index in [1.54, 1.807) is 0 Å². The minimum atomic E-state index is -0.881. The molecule has 54 heavy (non-hydrogen) atoms. The lowest BCUT2D eigenvalue weighted by atomic mass is 10.1. The summed E-state index contributed by atoms with van der Waals surface area (Å²) in [4.78, 5) is 36.8. The maximum Gasteiger partial charge on any atom is 0.362 e. The van der Waals surface area contributed by atoms with E-state index >= 15 is 0 Å². The Kier molecular flexibility index (Phi) is 35.8. The average Bonchev–Trinajstić information content (AvgIpc) is 3.12. The van der Waals surface area contributed by atoms with E-state index in [4.69, 9.17) is 14.2 Å². The molecule has 0 aromatic carbocycles. The van der Waals surface area contributed by atoms with Gasteiger partial charge in [-0.3, -0.25) is 9.59 Å². The summed E-state index contributed by atoms with van der Waals surface area (Å²) in [5.74, 6) is -1.54. The van der Waals surface area contributed by atoms with E-state index in [1.807, 2.05) is 27.2 Å². The summed E-state index contributed by atoms with van der Waals surface area (Å²) in [6, 6.07) is -0.619. The molecule has 0 saturated heterocycles. The van der Waals surface area contributed by atoms with Crippen LogP contribution in [0.3, 0.4) is 0 Å². The molecule has 0 amide bonds. The van der Waals surface area contributed by atoms with Crippen molar-refractivity contribution >= 4 is 17.9 Å². The molecule has 2 unspecified atom stereocenters. The Labute approximate surface area is 332 Å². The van der Waals surface area contributed by atoms with Crippen LogP contribution in [0.25, 0.3) is 0 Å². The molecule has 0 aliphatic carbocycles. The summed E-state index contributed by atoms with van der Waals surface area (Å²) in [5, 5.41) is 9.59. The van der Waals surface area contributed by atoms with Gasteiger partial charge in [0.1, 0.15) is 6.61 Å². The number of unbranched alkanes of at least 4 members (excludes halogenated alkanes) is 19. The van der Waals surface area contributed by atoms with E-state index in [1.165, 1.54) is 109 Å². The number of hydrogen-bond acceptors (Lipinski definition) is 6. The maximum absolute atomic E-state index is 12.7. The van der Waals surface area contributed by atoms with Gasteiger partial charge in [0.2, 0.25) is 0 Å². The van der Waals surface area contributed by atoms with E-state index in [9.17, 15) is 19.5 Å². The lowest BCUT2D eigenvalue weighted by Crippen LogP contribution is -2.50. The van der Waals surface area contributed by atoms with Gasteiger partial charge in [-0.25, -0.2) is 4.79 Å². The van der Waals surface area contributed by atoms with E-state index < -0.39 is 18.1 Å². The van der Waals surface area contributed by atoms with Crippen LogP contribution in [0.1, 0.15) is 187 Å². The second kappa shape index (κ2) is 37.5. The minimum absolute atomic E-state index is 0.0470. The highest BCUT2D eigenvalue weighted by Crippen LogP contribution is 2.14. The highest BCUT2D eigenvalue weighted by Gasteiger charge is 2.31. The largest absolute Gasteiger partial charge is 0.477 e. The van der Waals surface area contributed by atoms with Crippen LogP contribution in [0.15, 0.2) is 36.5 Å². The first-order valence-corrected chi connectivity index (χ1v) is 22.0. The molecule has 0 rings (SSSR count). The molecule has 0 spiro atoms. The van der Waals surface area contributed by atoms with Gasteiger partial charge < -0.3 is 23.8 Å². The number of carbonyl (C=O) groups excluding carboxylic acids is 2. The van der Waals surface area contributed by atoms with Crippen LogP contribution in [0.4, 0.5) is 0 Å². The number of quaternary nitrogens is 1. The van der Waals surface area contributed by atoms with Gasteiger partial charge in [-0.1, -0.05) is 147 Å². The van der Waals surface area contributed by atoms with Gasteiger partial charge in [-0.15, -0.1) is 0 Å². The van der Waals surface area contributed by atoms with Crippen molar-refractivity contribution in [3.63, 3.8) is 0 Å². The topological polar surface area (TPSA) is 99.1 Å². The highest BCUT2D eigenvalue weighted by molar-refractivity contribution is 5.72. The number of carboxylic acids is 1. The summed E-state index contributed by atoms with van der Waals surface area (Å²) < 4.78 is 17.2. The first-order valence-electron chi connectivity index (χ1n) is 22.0. The van der Waals surface area contributed by atoms with Crippen LogP contribution in [-0.4, -0.2) is 80.6 Å². The normalized spacial score (nSPS) is 13.3. The molecule has 314 valence electrons. The smallest absolute Gasteiger partial charge is 0.362 e. The van der Waals surface area contributed by atoms with Crippen molar-refractivity contribution < 1.29 is 38.2 Å². The first-order chi connectivity index (χ1) is 26.1. The molecule has 0 aliphatic heterocycles. The number of carbonyl (C=O) groups is 3. The van der Waals surface area contributed by atoms with Crippen molar-refractivity contribution in [1.29, 1.82) is 0 Å². The van der Waals surface area contributed by atoms with E-state index in [2.05, 4.69) is 44.2 Å². The van der Waals surface area contributed by atoms with Gasteiger partial charge in [-0.2, -0.15) is 0 Å². The predicted molar refractivity (Wildman–Crippen MR) is 225 cm³/mol. The number of ether oxygens (including phenoxy) is 3. The fourth-order valence-electron chi connectivity index (χ4n) is 6.31. The molecule has 0 bridgehead atoms. The predicted octanol–water partition coefficient (Wildman–Crippen LogP) is 11.9. The molecular formula is C46H84NO7+.